The summed E-state index contributed by atoms with van der Waals surface area (Å²) in [5.74, 6) is -0.402. The number of pyridine rings is 1. The van der Waals surface area contributed by atoms with Gasteiger partial charge in [0.15, 0.2) is 0 Å². The lowest BCUT2D eigenvalue weighted by Gasteiger charge is -2.32. The third-order valence-corrected chi connectivity index (χ3v) is 3.48. The van der Waals surface area contributed by atoms with Crippen molar-refractivity contribution in [1.82, 2.24) is 10.3 Å². The van der Waals surface area contributed by atoms with E-state index in [-0.39, 0.29) is 11.8 Å². The number of hydrogen-bond acceptors (Lipinski definition) is 4. The highest BCUT2D eigenvalue weighted by atomic mass is 16.3. The molecule has 1 fully saturated rings. The summed E-state index contributed by atoms with van der Waals surface area (Å²) in [6, 6.07) is 4.68. The number of aromatic nitrogens is 1. The number of nitrogens with one attached hydrogen (secondary N) is 1. The lowest BCUT2D eigenvalue weighted by Crippen LogP contribution is -2.52. The van der Waals surface area contributed by atoms with Crippen molar-refractivity contribution in [1.29, 1.82) is 0 Å². The molecule has 1 aliphatic heterocycles. The summed E-state index contributed by atoms with van der Waals surface area (Å²) in [5.41, 5.74) is 1.17. The van der Waals surface area contributed by atoms with Gasteiger partial charge in [0.1, 0.15) is 12.3 Å². The Labute approximate surface area is 121 Å². The van der Waals surface area contributed by atoms with Crippen LogP contribution in [0.2, 0.25) is 0 Å². The van der Waals surface area contributed by atoms with Crippen molar-refractivity contribution in [3.8, 4) is 0 Å². The first-order valence-electron chi connectivity index (χ1n) is 6.80. The standard InChI is InChI=1S/C15H15N3O3/c19-14(11-5-8-21-10-11)17-13-4-2-7-18(15(13)20)12-3-1-6-16-9-12/h1,3,5-6,8-10,13H,2,4,7H2,(H,17,19)/t13-/m1/s1. The summed E-state index contributed by atoms with van der Waals surface area (Å²) in [6.45, 7) is 0.641. The van der Waals surface area contributed by atoms with E-state index in [1.54, 1.807) is 29.4 Å². The zero-order chi connectivity index (χ0) is 14.7. The molecule has 0 aromatic carbocycles. The van der Waals surface area contributed by atoms with Gasteiger partial charge in [-0.25, -0.2) is 0 Å². The Balaban J connectivity index is 1.72. The molecule has 108 valence electrons. The quantitative estimate of drug-likeness (QED) is 0.929. The van der Waals surface area contributed by atoms with E-state index in [9.17, 15) is 9.59 Å². The largest absolute Gasteiger partial charge is 0.472 e. The van der Waals surface area contributed by atoms with E-state index >= 15 is 0 Å². The predicted molar refractivity (Wildman–Crippen MR) is 75.8 cm³/mol. The van der Waals surface area contributed by atoms with Crippen molar-refractivity contribution in [2.24, 2.45) is 0 Å². The van der Waals surface area contributed by atoms with Crippen LogP contribution in [-0.2, 0) is 4.79 Å². The number of carbonyl (C=O) groups excluding carboxylic acids is 2. The van der Waals surface area contributed by atoms with Crippen LogP contribution >= 0.6 is 0 Å². The van der Waals surface area contributed by atoms with E-state index in [0.717, 1.165) is 12.1 Å². The van der Waals surface area contributed by atoms with E-state index < -0.39 is 6.04 Å². The molecule has 1 N–H and O–H groups in total. The van der Waals surface area contributed by atoms with E-state index in [4.69, 9.17) is 4.42 Å². The molecule has 3 rings (SSSR count). The molecular formula is C15H15N3O3. The molecule has 6 nitrogen and oxygen atoms in total. The van der Waals surface area contributed by atoms with Crippen LogP contribution in [0.4, 0.5) is 5.69 Å². The van der Waals surface area contributed by atoms with Gasteiger partial charge in [-0.2, -0.15) is 0 Å². The number of hydrogen-bond donors (Lipinski definition) is 1. The Morgan fingerprint density at radius 3 is 3.05 bits per heavy atom. The van der Waals surface area contributed by atoms with Crippen molar-refractivity contribution in [2.75, 3.05) is 11.4 Å². The van der Waals surface area contributed by atoms with Crippen LogP contribution in [0.25, 0.3) is 0 Å². The maximum absolute atomic E-state index is 12.5. The highest BCUT2D eigenvalue weighted by Gasteiger charge is 2.31. The van der Waals surface area contributed by atoms with E-state index in [1.807, 2.05) is 6.07 Å². The van der Waals surface area contributed by atoms with Crippen molar-refractivity contribution >= 4 is 17.5 Å². The summed E-state index contributed by atoms with van der Waals surface area (Å²) in [5, 5.41) is 2.76. The van der Waals surface area contributed by atoms with Gasteiger partial charge in [-0.1, -0.05) is 0 Å². The van der Waals surface area contributed by atoms with Gasteiger partial charge >= 0.3 is 0 Å². The topological polar surface area (TPSA) is 75.4 Å². The lowest BCUT2D eigenvalue weighted by atomic mass is 10.0. The molecule has 1 saturated heterocycles. The maximum atomic E-state index is 12.5. The fourth-order valence-corrected chi connectivity index (χ4v) is 2.41. The van der Waals surface area contributed by atoms with Crippen molar-refractivity contribution in [3.63, 3.8) is 0 Å². The number of carbonyl (C=O) groups is 2. The SMILES string of the molecule is O=C(N[C@@H]1CCCN(c2cccnc2)C1=O)c1ccoc1. The number of amides is 2. The lowest BCUT2D eigenvalue weighted by molar-refractivity contribution is -0.121. The number of furan rings is 1. The van der Waals surface area contributed by atoms with Gasteiger partial charge in [0.25, 0.3) is 5.91 Å². The molecule has 0 radical (unpaired) electrons. The molecule has 0 bridgehead atoms. The van der Waals surface area contributed by atoms with Gasteiger partial charge in [-0.05, 0) is 31.0 Å². The van der Waals surface area contributed by atoms with Gasteiger partial charge < -0.3 is 14.6 Å². The van der Waals surface area contributed by atoms with Crippen LogP contribution in [0.3, 0.4) is 0 Å². The minimum Gasteiger partial charge on any atom is -0.472 e. The smallest absolute Gasteiger partial charge is 0.255 e. The van der Waals surface area contributed by atoms with E-state index in [0.29, 0.717) is 18.5 Å². The maximum Gasteiger partial charge on any atom is 0.255 e. The van der Waals surface area contributed by atoms with Crippen molar-refractivity contribution < 1.29 is 14.0 Å². The van der Waals surface area contributed by atoms with Crippen LogP contribution in [-0.4, -0.2) is 29.4 Å². The Hall–Kier alpha value is -2.63. The minimum atomic E-state index is -0.513. The first kappa shape index (κ1) is 13.4. The third kappa shape index (κ3) is 2.79. The number of anilines is 1. The first-order chi connectivity index (χ1) is 10.3. The molecule has 0 aliphatic carbocycles. The second-order valence-corrected chi connectivity index (χ2v) is 4.88. The van der Waals surface area contributed by atoms with E-state index in [2.05, 4.69) is 10.3 Å². The van der Waals surface area contributed by atoms with Gasteiger partial charge in [-0.15, -0.1) is 0 Å². The van der Waals surface area contributed by atoms with Crippen LogP contribution in [0.15, 0.2) is 47.5 Å². The molecule has 0 spiro atoms. The van der Waals surface area contributed by atoms with Gasteiger partial charge in [-0.3, -0.25) is 14.6 Å². The van der Waals surface area contributed by atoms with Gasteiger partial charge in [0.2, 0.25) is 5.91 Å². The Morgan fingerprint density at radius 1 is 1.43 bits per heavy atom. The Bertz CT molecular complexity index is 625. The highest BCUT2D eigenvalue weighted by molar-refractivity contribution is 6.02. The normalized spacial score (nSPS) is 18.6. The highest BCUT2D eigenvalue weighted by Crippen LogP contribution is 2.20. The molecular weight excluding hydrogens is 270 g/mol. The van der Waals surface area contributed by atoms with E-state index in [1.165, 1.54) is 12.5 Å². The van der Waals surface area contributed by atoms with Crippen LogP contribution < -0.4 is 10.2 Å². The van der Waals surface area contributed by atoms with Crippen LogP contribution in [0, 0.1) is 0 Å². The second kappa shape index (κ2) is 5.78. The average Bonchev–Trinajstić information content (AvgIpc) is 3.05. The number of nitrogens with zero attached hydrogens (tertiary/aromatic N) is 2. The molecule has 2 aromatic rings. The van der Waals surface area contributed by atoms with Crippen molar-refractivity contribution in [2.45, 2.75) is 18.9 Å². The molecule has 2 aromatic heterocycles. The molecule has 0 unspecified atom stereocenters. The molecule has 6 heteroatoms. The molecule has 3 heterocycles. The zero-order valence-electron chi connectivity index (χ0n) is 11.4. The summed E-state index contributed by atoms with van der Waals surface area (Å²) in [6.07, 6.45) is 7.57. The molecule has 2 amide bonds. The zero-order valence-corrected chi connectivity index (χ0v) is 11.4. The molecule has 0 saturated carbocycles. The van der Waals surface area contributed by atoms with Crippen LogP contribution in [0.1, 0.15) is 23.2 Å². The molecule has 1 aliphatic rings. The third-order valence-electron chi connectivity index (χ3n) is 3.48. The van der Waals surface area contributed by atoms with Gasteiger partial charge in [0.05, 0.1) is 23.7 Å². The monoisotopic (exact) mass is 285 g/mol. The fraction of sp³-hybridized carbons (Fsp3) is 0.267. The Kier molecular flexibility index (Phi) is 3.68. The minimum absolute atomic E-state index is 0.105. The number of piperidine rings is 1. The van der Waals surface area contributed by atoms with Gasteiger partial charge in [0, 0.05) is 12.7 Å². The Morgan fingerprint density at radius 2 is 2.33 bits per heavy atom. The summed E-state index contributed by atoms with van der Waals surface area (Å²) >= 11 is 0. The van der Waals surface area contributed by atoms with Crippen molar-refractivity contribution in [3.05, 3.63) is 48.7 Å². The summed E-state index contributed by atoms with van der Waals surface area (Å²) in [4.78, 5) is 30.2. The molecule has 1 atom stereocenters. The summed E-state index contributed by atoms with van der Waals surface area (Å²) in [7, 11) is 0. The second-order valence-electron chi connectivity index (χ2n) is 4.88. The predicted octanol–water partition coefficient (Wildman–Crippen LogP) is 1.60. The molecule has 21 heavy (non-hydrogen) atoms. The average molecular weight is 285 g/mol. The number of rotatable bonds is 3. The fourth-order valence-electron chi connectivity index (χ4n) is 2.41. The summed E-state index contributed by atoms with van der Waals surface area (Å²) < 4.78 is 4.88. The van der Waals surface area contributed by atoms with Crippen LogP contribution in [0.5, 0.6) is 0 Å². The first-order valence-corrected chi connectivity index (χ1v) is 6.80.